The van der Waals surface area contributed by atoms with Gasteiger partial charge in [0.2, 0.25) is 0 Å². The molecule has 0 fully saturated rings. The van der Waals surface area contributed by atoms with Gasteiger partial charge in [-0.15, -0.1) is 0 Å². The van der Waals surface area contributed by atoms with Crippen LogP contribution in [0.4, 0.5) is 11.6 Å². The van der Waals surface area contributed by atoms with Crippen LogP contribution >= 0.6 is 0 Å². The quantitative estimate of drug-likeness (QED) is 0.745. The molecule has 0 amide bonds. The number of rotatable bonds is 7. The van der Waals surface area contributed by atoms with E-state index in [2.05, 4.69) is 41.4 Å². The average molecular weight is 222 g/mol. The van der Waals surface area contributed by atoms with Gasteiger partial charge in [0.05, 0.1) is 0 Å². The Bertz CT molecular complexity index is 301. The number of nitrogens with one attached hydrogen (secondary N) is 2. The summed E-state index contributed by atoms with van der Waals surface area (Å²) in [5, 5.41) is 6.57. The molecule has 0 saturated carbocycles. The van der Waals surface area contributed by atoms with Crippen molar-refractivity contribution in [2.75, 3.05) is 23.7 Å². The number of nitrogens with zero attached hydrogens (tertiary/aromatic N) is 2. The molecule has 4 nitrogen and oxygen atoms in total. The van der Waals surface area contributed by atoms with Crippen LogP contribution in [0, 0.1) is 5.92 Å². The lowest BCUT2D eigenvalue weighted by Gasteiger charge is -2.11. The summed E-state index contributed by atoms with van der Waals surface area (Å²) >= 11 is 0. The van der Waals surface area contributed by atoms with E-state index in [4.69, 9.17) is 0 Å². The number of aromatic nitrogens is 2. The fourth-order valence-corrected chi connectivity index (χ4v) is 1.23. The molecule has 4 heteroatoms. The molecular formula is C12H22N4. The zero-order valence-electron chi connectivity index (χ0n) is 10.5. The first-order valence-corrected chi connectivity index (χ1v) is 6.06. The van der Waals surface area contributed by atoms with Crippen LogP contribution < -0.4 is 10.6 Å². The highest BCUT2D eigenvalue weighted by Crippen LogP contribution is 2.10. The van der Waals surface area contributed by atoms with E-state index in [1.54, 1.807) is 6.33 Å². The van der Waals surface area contributed by atoms with E-state index >= 15 is 0 Å². The second-order valence-electron chi connectivity index (χ2n) is 4.11. The van der Waals surface area contributed by atoms with Crippen molar-refractivity contribution in [2.24, 2.45) is 5.92 Å². The summed E-state index contributed by atoms with van der Waals surface area (Å²) in [6.07, 6.45) is 3.87. The first-order chi connectivity index (χ1) is 7.76. The summed E-state index contributed by atoms with van der Waals surface area (Å²) in [5.74, 6) is 2.46. The average Bonchev–Trinajstić information content (AvgIpc) is 2.34. The number of anilines is 2. The molecule has 1 aromatic heterocycles. The van der Waals surface area contributed by atoms with E-state index in [1.807, 2.05) is 6.07 Å². The molecule has 1 atom stereocenters. The van der Waals surface area contributed by atoms with Crippen LogP contribution in [0.5, 0.6) is 0 Å². The molecule has 0 aromatic carbocycles. The van der Waals surface area contributed by atoms with Gasteiger partial charge in [-0.25, -0.2) is 9.97 Å². The Labute approximate surface area is 97.9 Å². The zero-order valence-corrected chi connectivity index (χ0v) is 10.5. The highest BCUT2D eigenvalue weighted by atomic mass is 15.1. The first-order valence-electron chi connectivity index (χ1n) is 6.06. The molecule has 1 heterocycles. The number of hydrogen-bond acceptors (Lipinski definition) is 4. The smallest absolute Gasteiger partial charge is 0.131 e. The molecule has 90 valence electrons. The van der Waals surface area contributed by atoms with Crippen molar-refractivity contribution in [3.63, 3.8) is 0 Å². The normalized spacial score (nSPS) is 12.2. The largest absolute Gasteiger partial charge is 0.370 e. The Morgan fingerprint density at radius 2 is 1.88 bits per heavy atom. The molecule has 0 aliphatic heterocycles. The van der Waals surface area contributed by atoms with Gasteiger partial charge in [0.25, 0.3) is 0 Å². The molecule has 0 saturated heterocycles. The molecule has 0 aliphatic carbocycles. The third-order valence-electron chi connectivity index (χ3n) is 2.55. The van der Waals surface area contributed by atoms with Crippen molar-refractivity contribution in [2.45, 2.75) is 33.6 Å². The predicted molar refractivity (Wildman–Crippen MR) is 68.8 cm³/mol. The van der Waals surface area contributed by atoms with Gasteiger partial charge in [-0.05, 0) is 12.3 Å². The lowest BCUT2D eigenvalue weighted by atomic mass is 10.1. The molecule has 1 unspecified atom stereocenters. The Kier molecular flexibility index (Phi) is 5.61. The van der Waals surface area contributed by atoms with Crippen molar-refractivity contribution in [1.29, 1.82) is 0 Å². The van der Waals surface area contributed by atoms with Crippen molar-refractivity contribution in [1.82, 2.24) is 9.97 Å². The lowest BCUT2D eigenvalue weighted by Crippen LogP contribution is -2.12. The van der Waals surface area contributed by atoms with Gasteiger partial charge < -0.3 is 10.6 Å². The maximum absolute atomic E-state index is 4.19. The van der Waals surface area contributed by atoms with Crippen LogP contribution in [0.1, 0.15) is 33.6 Å². The van der Waals surface area contributed by atoms with Crippen LogP contribution in [-0.4, -0.2) is 23.1 Å². The van der Waals surface area contributed by atoms with Gasteiger partial charge in [0, 0.05) is 19.2 Å². The Morgan fingerprint density at radius 3 is 2.50 bits per heavy atom. The third kappa shape index (κ3) is 4.47. The second-order valence-corrected chi connectivity index (χ2v) is 4.11. The maximum Gasteiger partial charge on any atom is 0.131 e. The molecule has 16 heavy (non-hydrogen) atoms. The van der Waals surface area contributed by atoms with Crippen molar-refractivity contribution >= 4 is 11.6 Å². The van der Waals surface area contributed by atoms with Crippen LogP contribution in [0.15, 0.2) is 12.4 Å². The highest BCUT2D eigenvalue weighted by Gasteiger charge is 2.00. The van der Waals surface area contributed by atoms with Gasteiger partial charge in [-0.3, -0.25) is 0 Å². The van der Waals surface area contributed by atoms with Crippen LogP contribution in [-0.2, 0) is 0 Å². The van der Waals surface area contributed by atoms with E-state index in [-0.39, 0.29) is 0 Å². The molecule has 0 spiro atoms. The molecule has 0 aliphatic rings. The molecule has 1 aromatic rings. The Hall–Kier alpha value is -1.32. The highest BCUT2D eigenvalue weighted by molar-refractivity contribution is 5.46. The van der Waals surface area contributed by atoms with E-state index < -0.39 is 0 Å². The van der Waals surface area contributed by atoms with Crippen LogP contribution in [0.25, 0.3) is 0 Å². The molecule has 1 rings (SSSR count). The fourth-order valence-electron chi connectivity index (χ4n) is 1.23. The van der Waals surface area contributed by atoms with Gasteiger partial charge in [-0.1, -0.05) is 27.2 Å². The van der Waals surface area contributed by atoms with Crippen LogP contribution in [0.3, 0.4) is 0 Å². The topological polar surface area (TPSA) is 49.8 Å². The van der Waals surface area contributed by atoms with E-state index in [1.165, 1.54) is 6.42 Å². The molecule has 0 radical (unpaired) electrons. The summed E-state index contributed by atoms with van der Waals surface area (Å²) in [6.45, 7) is 8.46. The van der Waals surface area contributed by atoms with E-state index in [0.717, 1.165) is 31.1 Å². The maximum atomic E-state index is 4.19. The summed E-state index contributed by atoms with van der Waals surface area (Å²) in [5.41, 5.74) is 0. The SMILES string of the molecule is CCCNc1cc(NCC(C)CC)ncn1. The standard InChI is InChI=1S/C12H22N4/c1-4-6-13-11-7-12(16-9-15-11)14-8-10(3)5-2/h7,9-10H,4-6,8H2,1-3H3,(H2,13,14,15,16). The lowest BCUT2D eigenvalue weighted by molar-refractivity contribution is 0.592. The van der Waals surface area contributed by atoms with Gasteiger partial charge in [0.1, 0.15) is 18.0 Å². The summed E-state index contributed by atoms with van der Waals surface area (Å²) < 4.78 is 0. The summed E-state index contributed by atoms with van der Waals surface area (Å²) in [7, 11) is 0. The first kappa shape index (κ1) is 12.7. The predicted octanol–water partition coefficient (Wildman–Crippen LogP) is 2.76. The van der Waals surface area contributed by atoms with Crippen molar-refractivity contribution in [3.05, 3.63) is 12.4 Å². The van der Waals surface area contributed by atoms with Crippen LogP contribution in [0.2, 0.25) is 0 Å². The van der Waals surface area contributed by atoms with E-state index in [9.17, 15) is 0 Å². The molecular weight excluding hydrogens is 200 g/mol. The van der Waals surface area contributed by atoms with Gasteiger partial charge >= 0.3 is 0 Å². The van der Waals surface area contributed by atoms with Gasteiger partial charge in [-0.2, -0.15) is 0 Å². The Balaban J connectivity index is 2.46. The summed E-state index contributed by atoms with van der Waals surface area (Å²) in [4.78, 5) is 8.35. The minimum absolute atomic E-state index is 0.669. The Morgan fingerprint density at radius 1 is 1.19 bits per heavy atom. The monoisotopic (exact) mass is 222 g/mol. The van der Waals surface area contributed by atoms with Crippen molar-refractivity contribution in [3.8, 4) is 0 Å². The minimum atomic E-state index is 0.669. The second kappa shape index (κ2) is 7.04. The van der Waals surface area contributed by atoms with Gasteiger partial charge in [0.15, 0.2) is 0 Å². The fraction of sp³-hybridized carbons (Fsp3) is 0.667. The molecule has 2 N–H and O–H groups in total. The summed E-state index contributed by atoms with van der Waals surface area (Å²) in [6, 6.07) is 1.96. The number of hydrogen-bond donors (Lipinski definition) is 2. The minimum Gasteiger partial charge on any atom is -0.370 e. The zero-order chi connectivity index (χ0) is 11.8. The third-order valence-corrected chi connectivity index (χ3v) is 2.55. The van der Waals surface area contributed by atoms with E-state index in [0.29, 0.717) is 5.92 Å². The molecule has 0 bridgehead atoms. The van der Waals surface area contributed by atoms with Crippen molar-refractivity contribution < 1.29 is 0 Å².